The molecule has 1 aliphatic carbocycles. The van der Waals surface area contributed by atoms with E-state index in [4.69, 9.17) is 0 Å². The number of hydrogen-bond acceptors (Lipinski definition) is 2. The number of aliphatic hydroxyl groups is 1. The van der Waals surface area contributed by atoms with Crippen molar-refractivity contribution in [2.75, 3.05) is 0 Å². The molecule has 0 saturated heterocycles. The molecule has 1 aliphatic rings. The van der Waals surface area contributed by atoms with E-state index < -0.39 is 0 Å². The van der Waals surface area contributed by atoms with E-state index >= 15 is 0 Å². The van der Waals surface area contributed by atoms with Gasteiger partial charge in [-0.3, -0.25) is 4.79 Å². The van der Waals surface area contributed by atoms with Crippen molar-refractivity contribution in [3.8, 4) is 0 Å². The van der Waals surface area contributed by atoms with E-state index in [9.17, 15) is 9.90 Å². The summed E-state index contributed by atoms with van der Waals surface area (Å²) in [4.78, 5) is 12.0. The van der Waals surface area contributed by atoms with Gasteiger partial charge in [-0.25, -0.2) is 0 Å². The Kier molecular flexibility index (Phi) is 5.24. The zero-order valence-electron chi connectivity index (χ0n) is 12.6. The van der Waals surface area contributed by atoms with Crippen LogP contribution in [0.25, 0.3) is 0 Å². The van der Waals surface area contributed by atoms with Crippen LogP contribution in [0.2, 0.25) is 0 Å². The minimum Gasteiger partial charge on any atom is -0.388 e. The smallest absolute Gasteiger partial charge is 0.240 e. The average Bonchev–Trinajstić information content (AvgIpc) is 2.69. The number of rotatable bonds is 5. The summed E-state index contributed by atoms with van der Waals surface area (Å²) < 4.78 is 1.91. The zero-order chi connectivity index (χ0) is 14.5. The summed E-state index contributed by atoms with van der Waals surface area (Å²) in [5.74, 6) is 0.0469. The zero-order valence-corrected chi connectivity index (χ0v) is 12.6. The van der Waals surface area contributed by atoms with E-state index in [2.05, 4.69) is 12.2 Å². The number of amides is 1. The maximum Gasteiger partial charge on any atom is 0.240 e. The average molecular weight is 278 g/mol. The third-order valence-electron chi connectivity index (χ3n) is 3.99. The van der Waals surface area contributed by atoms with Crippen molar-refractivity contribution < 1.29 is 9.90 Å². The van der Waals surface area contributed by atoms with Crippen molar-refractivity contribution in [1.82, 2.24) is 9.88 Å². The van der Waals surface area contributed by atoms with Gasteiger partial charge in [-0.05, 0) is 38.2 Å². The Morgan fingerprint density at radius 2 is 2.30 bits per heavy atom. The number of carbonyl (C=O) groups excluding carboxylic acids is 1. The second-order valence-electron chi connectivity index (χ2n) is 5.93. The summed E-state index contributed by atoms with van der Waals surface area (Å²) in [6.45, 7) is 4.50. The van der Waals surface area contributed by atoms with Crippen LogP contribution in [0.4, 0.5) is 0 Å². The highest BCUT2D eigenvalue weighted by Crippen LogP contribution is 2.29. The number of aromatic nitrogens is 1. The fraction of sp³-hybridized carbons (Fsp3) is 0.688. The van der Waals surface area contributed by atoms with Crippen LogP contribution in [0.15, 0.2) is 12.4 Å². The van der Waals surface area contributed by atoms with Gasteiger partial charge in [-0.2, -0.15) is 0 Å². The lowest BCUT2D eigenvalue weighted by Gasteiger charge is -2.13. The number of nitrogens with zero attached hydrogens (tertiary/aromatic N) is 1. The SMILES string of the molecule is CCCC(C)NC(=O)Cn1cc2c(c1)C(O)CCCC2. The first kappa shape index (κ1) is 15.1. The number of fused-ring (bicyclic) bond motifs is 1. The summed E-state index contributed by atoms with van der Waals surface area (Å²) in [7, 11) is 0. The Labute approximate surface area is 121 Å². The highest BCUT2D eigenvalue weighted by atomic mass is 16.3. The Hall–Kier alpha value is -1.29. The summed E-state index contributed by atoms with van der Waals surface area (Å²) in [5.41, 5.74) is 2.21. The maximum atomic E-state index is 12.0. The van der Waals surface area contributed by atoms with E-state index in [1.807, 2.05) is 23.9 Å². The molecule has 0 saturated carbocycles. The quantitative estimate of drug-likeness (QED) is 0.813. The van der Waals surface area contributed by atoms with Gasteiger partial charge in [0, 0.05) is 24.0 Å². The highest BCUT2D eigenvalue weighted by molar-refractivity contribution is 5.76. The van der Waals surface area contributed by atoms with Crippen molar-refractivity contribution in [3.63, 3.8) is 0 Å². The topological polar surface area (TPSA) is 54.3 Å². The molecule has 20 heavy (non-hydrogen) atoms. The Morgan fingerprint density at radius 3 is 3.05 bits per heavy atom. The van der Waals surface area contributed by atoms with E-state index in [0.717, 1.165) is 44.1 Å². The third kappa shape index (κ3) is 3.85. The monoisotopic (exact) mass is 278 g/mol. The van der Waals surface area contributed by atoms with Crippen molar-refractivity contribution in [3.05, 3.63) is 23.5 Å². The van der Waals surface area contributed by atoms with Gasteiger partial charge in [0.2, 0.25) is 5.91 Å². The molecule has 2 unspecified atom stereocenters. The molecule has 1 aromatic rings. The van der Waals surface area contributed by atoms with Gasteiger partial charge >= 0.3 is 0 Å². The largest absolute Gasteiger partial charge is 0.388 e. The molecule has 2 rings (SSSR count). The molecule has 0 spiro atoms. The Morgan fingerprint density at radius 1 is 1.50 bits per heavy atom. The molecule has 0 aromatic carbocycles. The van der Waals surface area contributed by atoms with Crippen LogP contribution < -0.4 is 5.32 Å². The summed E-state index contributed by atoms with van der Waals surface area (Å²) >= 11 is 0. The minimum atomic E-state index is -0.365. The molecule has 1 amide bonds. The molecule has 4 nitrogen and oxygen atoms in total. The summed E-state index contributed by atoms with van der Waals surface area (Å²) in [5, 5.41) is 13.1. The van der Waals surface area contributed by atoms with Gasteiger partial charge in [0.05, 0.1) is 6.10 Å². The van der Waals surface area contributed by atoms with Crippen molar-refractivity contribution >= 4 is 5.91 Å². The number of aliphatic hydroxyl groups excluding tert-OH is 1. The van der Waals surface area contributed by atoms with Gasteiger partial charge in [0.1, 0.15) is 6.54 Å². The van der Waals surface area contributed by atoms with Crippen molar-refractivity contribution in [1.29, 1.82) is 0 Å². The number of hydrogen-bond donors (Lipinski definition) is 2. The van der Waals surface area contributed by atoms with Crippen LogP contribution >= 0.6 is 0 Å². The predicted molar refractivity (Wildman–Crippen MR) is 79.5 cm³/mol. The molecule has 0 bridgehead atoms. The van der Waals surface area contributed by atoms with Crippen molar-refractivity contribution in [2.24, 2.45) is 0 Å². The van der Waals surface area contributed by atoms with E-state index in [0.29, 0.717) is 6.54 Å². The molecule has 2 atom stereocenters. The highest BCUT2D eigenvalue weighted by Gasteiger charge is 2.19. The molecule has 4 heteroatoms. The van der Waals surface area contributed by atoms with Crippen LogP contribution in [-0.4, -0.2) is 21.6 Å². The van der Waals surface area contributed by atoms with E-state index in [1.54, 1.807) is 0 Å². The van der Waals surface area contributed by atoms with Gasteiger partial charge in [0.15, 0.2) is 0 Å². The molecule has 1 aromatic heterocycles. The van der Waals surface area contributed by atoms with E-state index in [-0.39, 0.29) is 18.1 Å². The summed E-state index contributed by atoms with van der Waals surface area (Å²) in [6, 6.07) is 0.228. The molecule has 0 radical (unpaired) electrons. The van der Waals surface area contributed by atoms with Crippen LogP contribution in [0.5, 0.6) is 0 Å². The van der Waals surface area contributed by atoms with Gasteiger partial charge in [0.25, 0.3) is 0 Å². The van der Waals surface area contributed by atoms with Crippen molar-refractivity contribution in [2.45, 2.75) is 71.1 Å². The van der Waals surface area contributed by atoms with E-state index in [1.165, 1.54) is 5.56 Å². The first-order valence-corrected chi connectivity index (χ1v) is 7.76. The van der Waals surface area contributed by atoms with Gasteiger partial charge in [-0.15, -0.1) is 0 Å². The second kappa shape index (κ2) is 6.93. The van der Waals surface area contributed by atoms with Crippen LogP contribution in [-0.2, 0) is 17.8 Å². The summed E-state index contributed by atoms with van der Waals surface area (Å²) in [6.07, 6.45) is 9.71. The first-order chi connectivity index (χ1) is 9.60. The predicted octanol–water partition coefficient (Wildman–Crippen LogP) is 2.55. The number of carbonyl (C=O) groups is 1. The van der Waals surface area contributed by atoms with Gasteiger partial charge < -0.3 is 15.0 Å². The third-order valence-corrected chi connectivity index (χ3v) is 3.99. The normalized spacial score (nSPS) is 20.1. The second-order valence-corrected chi connectivity index (χ2v) is 5.93. The van der Waals surface area contributed by atoms with Crippen LogP contribution in [0, 0.1) is 0 Å². The molecule has 2 N–H and O–H groups in total. The minimum absolute atomic E-state index is 0.0469. The molecular formula is C16H26N2O2. The molecular weight excluding hydrogens is 252 g/mol. The Bertz CT molecular complexity index is 453. The molecule has 1 heterocycles. The standard InChI is InChI=1S/C16H26N2O2/c1-3-6-12(2)17-16(20)11-18-9-13-7-4-5-8-15(19)14(13)10-18/h9-10,12,15,19H,3-8,11H2,1-2H3,(H,17,20). The van der Waals surface area contributed by atoms with Crippen LogP contribution in [0.1, 0.15) is 63.2 Å². The lowest BCUT2D eigenvalue weighted by atomic mass is 10.1. The lowest BCUT2D eigenvalue weighted by molar-refractivity contribution is -0.122. The fourth-order valence-electron chi connectivity index (χ4n) is 2.97. The number of aryl methyl sites for hydroxylation is 1. The number of nitrogens with one attached hydrogen (secondary N) is 1. The lowest BCUT2D eigenvalue weighted by Crippen LogP contribution is -2.34. The molecule has 0 fully saturated rings. The Balaban J connectivity index is 1.97. The molecule has 0 aliphatic heterocycles. The fourth-order valence-corrected chi connectivity index (χ4v) is 2.97. The van der Waals surface area contributed by atoms with Gasteiger partial charge in [-0.1, -0.05) is 19.8 Å². The molecule has 112 valence electrons. The first-order valence-electron chi connectivity index (χ1n) is 7.76. The maximum absolute atomic E-state index is 12.0. The van der Waals surface area contributed by atoms with Crippen LogP contribution in [0.3, 0.4) is 0 Å².